The molecule has 2 N–H and O–H groups in total. The first-order valence-electron chi connectivity index (χ1n) is 7.20. The van der Waals surface area contributed by atoms with E-state index in [2.05, 4.69) is 4.90 Å². The van der Waals surface area contributed by atoms with Crippen LogP contribution in [0.25, 0.3) is 0 Å². The third kappa shape index (κ3) is 4.45. The number of rotatable bonds is 4. The summed E-state index contributed by atoms with van der Waals surface area (Å²) in [4.78, 5) is 29.7. The smallest absolute Gasteiger partial charge is 0.236 e. The van der Waals surface area contributed by atoms with Crippen LogP contribution in [0.4, 0.5) is 0 Å². The van der Waals surface area contributed by atoms with Gasteiger partial charge in [0.1, 0.15) is 0 Å². The first-order chi connectivity index (χ1) is 9.27. The second kappa shape index (κ2) is 7.04. The molecule has 0 spiro atoms. The molecular formula is C14H28N4O2. The zero-order valence-corrected chi connectivity index (χ0v) is 13.2. The highest BCUT2D eigenvalue weighted by atomic mass is 16.2. The van der Waals surface area contributed by atoms with E-state index in [-0.39, 0.29) is 11.8 Å². The number of carbonyl (C=O) groups excluding carboxylic acids is 2. The predicted octanol–water partition coefficient (Wildman–Crippen LogP) is -0.406. The van der Waals surface area contributed by atoms with E-state index in [1.165, 1.54) is 0 Å². The lowest BCUT2D eigenvalue weighted by Gasteiger charge is -2.30. The summed E-state index contributed by atoms with van der Waals surface area (Å²) in [6, 6.07) is 0. The lowest BCUT2D eigenvalue weighted by atomic mass is 9.92. The summed E-state index contributed by atoms with van der Waals surface area (Å²) >= 11 is 0. The molecule has 6 nitrogen and oxygen atoms in total. The molecule has 1 aliphatic heterocycles. The van der Waals surface area contributed by atoms with Gasteiger partial charge in [0.25, 0.3) is 0 Å². The van der Waals surface area contributed by atoms with Crippen LogP contribution in [-0.4, -0.2) is 79.9 Å². The highest BCUT2D eigenvalue weighted by Crippen LogP contribution is 2.18. The fourth-order valence-electron chi connectivity index (χ4n) is 2.18. The zero-order chi connectivity index (χ0) is 15.3. The topological polar surface area (TPSA) is 69.9 Å². The molecule has 116 valence electrons. The number of nitrogens with two attached hydrogens (primary N) is 1. The van der Waals surface area contributed by atoms with Gasteiger partial charge in [-0.15, -0.1) is 0 Å². The van der Waals surface area contributed by atoms with E-state index in [9.17, 15) is 9.59 Å². The van der Waals surface area contributed by atoms with Gasteiger partial charge in [-0.3, -0.25) is 14.5 Å². The Kier molecular flexibility index (Phi) is 5.95. The van der Waals surface area contributed by atoms with Gasteiger partial charge in [-0.05, 0) is 20.3 Å². The van der Waals surface area contributed by atoms with Crippen molar-refractivity contribution in [1.82, 2.24) is 14.7 Å². The Labute approximate surface area is 121 Å². The highest BCUT2D eigenvalue weighted by molar-refractivity contribution is 5.82. The van der Waals surface area contributed by atoms with Gasteiger partial charge in [-0.2, -0.15) is 0 Å². The number of amides is 2. The van der Waals surface area contributed by atoms with Crippen LogP contribution in [0.15, 0.2) is 0 Å². The number of hydrogen-bond acceptors (Lipinski definition) is 4. The molecule has 0 aromatic heterocycles. The van der Waals surface area contributed by atoms with Crippen LogP contribution in [0.1, 0.15) is 20.3 Å². The van der Waals surface area contributed by atoms with Crippen LogP contribution in [-0.2, 0) is 9.59 Å². The molecule has 1 heterocycles. The van der Waals surface area contributed by atoms with E-state index in [1.54, 1.807) is 19.0 Å². The van der Waals surface area contributed by atoms with Crippen LogP contribution in [0.5, 0.6) is 0 Å². The molecule has 20 heavy (non-hydrogen) atoms. The number of likely N-dealkylation sites (N-methyl/N-ethyl adjacent to an activating group) is 1. The van der Waals surface area contributed by atoms with Gasteiger partial charge in [0.15, 0.2) is 0 Å². The largest absolute Gasteiger partial charge is 0.348 e. The first-order valence-corrected chi connectivity index (χ1v) is 7.20. The SMILES string of the molecule is CN(C)C(=O)CN1CCCN(C(=O)C(C)(C)CN)CC1. The van der Waals surface area contributed by atoms with Crippen molar-refractivity contribution in [2.75, 3.05) is 53.4 Å². The van der Waals surface area contributed by atoms with Crippen LogP contribution < -0.4 is 5.73 Å². The van der Waals surface area contributed by atoms with Crippen molar-refractivity contribution in [2.45, 2.75) is 20.3 Å². The fourth-order valence-corrected chi connectivity index (χ4v) is 2.18. The fraction of sp³-hybridized carbons (Fsp3) is 0.857. The van der Waals surface area contributed by atoms with Crippen molar-refractivity contribution in [3.05, 3.63) is 0 Å². The third-order valence-corrected chi connectivity index (χ3v) is 3.82. The molecule has 0 atom stereocenters. The summed E-state index contributed by atoms with van der Waals surface area (Å²) in [6.07, 6.45) is 0.896. The van der Waals surface area contributed by atoms with Crippen molar-refractivity contribution in [3.8, 4) is 0 Å². The van der Waals surface area contributed by atoms with Gasteiger partial charge < -0.3 is 15.5 Å². The summed E-state index contributed by atoms with van der Waals surface area (Å²) in [6.45, 7) is 7.55. The Morgan fingerprint density at radius 1 is 1.15 bits per heavy atom. The molecule has 1 aliphatic rings. The molecule has 0 aromatic carbocycles. The van der Waals surface area contributed by atoms with Crippen LogP contribution in [0.3, 0.4) is 0 Å². The Morgan fingerprint density at radius 3 is 2.35 bits per heavy atom. The van der Waals surface area contributed by atoms with Crippen molar-refractivity contribution in [1.29, 1.82) is 0 Å². The summed E-state index contributed by atoms with van der Waals surface area (Å²) in [7, 11) is 3.53. The van der Waals surface area contributed by atoms with E-state index in [1.807, 2.05) is 18.7 Å². The third-order valence-electron chi connectivity index (χ3n) is 3.82. The van der Waals surface area contributed by atoms with Crippen molar-refractivity contribution in [3.63, 3.8) is 0 Å². The molecule has 0 radical (unpaired) electrons. The quantitative estimate of drug-likeness (QED) is 0.762. The molecule has 0 aromatic rings. The second-order valence-corrected chi connectivity index (χ2v) is 6.30. The van der Waals surface area contributed by atoms with Gasteiger partial charge in [-0.25, -0.2) is 0 Å². The standard InChI is InChI=1S/C14H28N4O2/c1-14(2,11-15)13(20)18-7-5-6-17(8-9-18)10-12(19)16(3)4/h5-11,15H2,1-4H3. The Morgan fingerprint density at radius 2 is 1.80 bits per heavy atom. The Balaban J connectivity index is 2.55. The number of carbonyl (C=O) groups is 2. The lowest BCUT2D eigenvalue weighted by Crippen LogP contribution is -2.46. The summed E-state index contributed by atoms with van der Waals surface area (Å²) < 4.78 is 0. The van der Waals surface area contributed by atoms with Gasteiger partial charge >= 0.3 is 0 Å². The minimum atomic E-state index is -0.505. The van der Waals surface area contributed by atoms with E-state index in [0.29, 0.717) is 19.6 Å². The van der Waals surface area contributed by atoms with Crippen molar-refractivity contribution in [2.24, 2.45) is 11.1 Å². The van der Waals surface area contributed by atoms with Crippen LogP contribution >= 0.6 is 0 Å². The molecule has 1 saturated heterocycles. The Bertz CT molecular complexity index is 355. The minimum Gasteiger partial charge on any atom is -0.348 e. The first kappa shape index (κ1) is 16.9. The van der Waals surface area contributed by atoms with Crippen LogP contribution in [0, 0.1) is 5.41 Å². The van der Waals surface area contributed by atoms with Gasteiger partial charge in [-0.1, -0.05) is 0 Å². The normalized spacial score (nSPS) is 17.8. The van der Waals surface area contributed by atoms with E-state index in [4.69, 9.17) is 5.73 Å². The molecule has 0 unspecified atom stereocenters. The van der Waals surface area contributed by atoms with Crippen LogP contribution in [0.2, 0.25) is 0 Å². The molecule has 1 fully saturated rings. The second-order valence-electron chi connectivity index (χ2n) is 6.30. The summed E-state index contributed by atoms with van der Waals surface area (Å²) in [5.41, 5.74) is 5.17. The molecule has 0 bridgehead atoms. The minimum absolute atomic E-state index is 0.104. The van der Waals surface area contributed by atoms with Gasteiger partial charge in [0, 0.05) is 46.8 Å². The lowest BCUT2D eigenvalue weighted by molar-refractivity contribution is -0.139. The molecule has 1 rings (SSSR count). The molecule has 0 saturated carbocycles. The predicted molar refractivity (Wildman–Crippen MR) is 79.2 cm³/mol. The maximum Gasteiger partial charge on any atom is 0.236 e. The monoisotopic (exact) mass is 284 g/mol. The molecule has 6 heteroatoms. The number of nitrogens with zero attached hydrogens (tertiary/aromatic N) is 3. The maximum atomic E-state index is 12.4. The molecular weight excluding hydrogens is 256 g/mol. The summed E-state index contributed by atoms with van der Waals surface area (Å²) in [5, 5.41) is 0. The average molecular weight is 284 g/mol. The van der Waals surface area contributed by atoms with Crippen molar-refractivity contribution >= 4 is 11.8 Å². The zero-order valence-electron chi connectivity index (χ0n) is 13.2. The van der Waals surface area contributed by atoms with Gasteiger partial charge in [0.2, 0.25) is 11.8 Å². The number of hydrogen-bond donors (Lipinski definition) is 1. The Hall–Kier alpha value is -1.14. The van der Waals surface area contributed by atoms with E-state index in [0.717, 1.165) is 26.1 Å². The summed E-state index contributed by atoms with van der Waals surface area (Å²) in [5.74, 6) is 0.216. The highest BCUT2D eigenvalue weighted by Gasteiger charge is 2.31. The van der Waals surface area contributed by atoms with E-state index >= 15 is 0 Å². The maximum absolute atomic E-state index is 12.4. The van der Waals surface area contributed by atoms with E-state index < -0.39 is 5.41 Å². The average Bonchev–Trinajstić information content (AvgIpc) is 2.63. The van der Waals surface area contributed by atoms with Crippen molar-refractivity contribution < 1.29 is 9.59 Å². The van der Waals surface area contributed by atoms with Gasteiger partial charge in [0.05, 0.1) is 12.0 Å². The molecule has 2 amide bonds. The molecule has 0 aliphatic carbocycles.